The molecule has 1 fully saturated rings. The first kappa shape index (κ1) is 14.7. The van der Waals surface area contributed by atoms with Crippen molar-refractivity contribution in [3.63, 3.8) is 0 Å². The summed E-state index contributed by atoms with van der Waals surface area (Å²) in [6.45, 7) is 6.50. The molecule has 0 bridgehead atoms. The average molecular weight is 240 g/mol. The summed E-state index contributed by atoms with van der Waals surface area (Å²) < 4.78 is 0. The van der Waals surface area contributed by atoms with Gasteiger partial charge >= 0.3 is 0 Å². The molecule has 0 amide bonds. The van der Waals surface area contributed by atoms with Crippen molar-refractivity contribution in [2.24, 2.45) is 5.92 Å². The summed E-state index contributed by atoms with van der Waals surface area (Å²) in [4.78, 5) is 16.5. The van der Waals surface area contributed by atoms with E-state index in [0.29, 0.717) is 11.7 Å². The second kappa shape index (κ2) is 7.83. The Hall–Kier alpha value is -0.410. The zero-order valence-corrected chi connectivity index (χ0v) is 11.7. The molecule has 0 N–H and O–H groups in total. The standard InChI is InChI=1S/C14H28N2O/c1-4-9-16(11-10-15(2)3)12-13-7-5-6-8-14(13)17/h13H,4-12H2,1-3H3. The summed E-state index contributed by atoms with van der Waals surface area (Å²) in [7, 11) is 4.21. The number of carbonyl (C=O) groups excluding carboxylic acids is 1. The van der Waals surface area contributed by atoms with E-state index in [1.807, 2.05) is 0 Å². The van der Waals surface area contributed by atoms with Crippen LogP contribution in [0.25, 0.3) is 0 Å². The van der Waals surface area contributed by atoms with Crippen molar-refractivity contribution in [2.45, 2.75) is 39.0 Å². The van der Waals surface area contributed by atoms with Crippen LogP contribution >= 0.6 is 0 Å². The zero-order chi connectivity index (χ0) is 12.7. The van der Waals surface area contributed by atoms with Gasteiger partial charge in [-0.1, -0.05) is 13.3 Å². The number of Topliss-reactive ketones (excluding diaryl/α,β-unsaturated/α-hetero) is 1. The van der Waals surface area contributed by atoms with Gasteiger partial charge in [0, 0.05) is 32.0 Å². The van der Waals surface area contributed by atoms with Crippen LogP contribution < -0.4 is 0 Å². The molecule has 0 aliphatic heterocycles. The minimum absolute atomic E-state index is 0.317. The van der Waals surface area contributed by atoms with Gasteiger partial charge in [0.1, 0.15) is 5.78 Å². The summed E-state index contributed by atoms with van der Waals surface area (Å²) in [5, 5.41) is 0. The molecule has 3 nitrogen and oxygen atoms in total. The molecule has 0 spiro atoms. The van der Waals surface area contributed by atoms with Crippen LogP contribution in [0.15, 0.2) is 0 Å². The first-order valence-electron chi connectivity index (χ1n) is 7.03. The Balaban J connectivity index is 2.38. The maximum Gasteiger partial charge on any atom is 0.137 e. The van der Waals surface area contributed by atoms with Crippen molar-refractivity contribution in [2.75, 3.05) is 40.3 Å². The third-order valence-corrected chi connectivity index (χ3v) is 3.56. The van der Waals surface area contributed by atoms with Crippen LogP contribution in [0.2, 0.25) is 0 Å². The predicted molar refractivity (Wildman–Crippen MR) is 72.3 cm³/mol. The van der Waals surface area contributed by atoms with E-state index in [2.05, 4.69) is 30.8 Å². The highest BCUT2D eigenvalue weighted by Gasteiger charge is 2.23. The van der Waals surface area contributed by atoms with E-state index in [9.17, 15) is 4.79 Å². The highest BCUT2D eigenvalue weighted by atomic mass is 16.1. The lowest BCUT2D eigenvalue weighted by molar-refractivity contribution is -0.125. The molecule has 0 saturated heterocycles. The second-order valence-corrected chi connectivity index (χ2v) is 5.51. The van der Waals surface area contributed by atoms with Crippen molar-refractivity contribution in [3.05, 3.63) is 0 Å². The smallest absolute Gasteiger partial charge is 0.137 e. The Morgan fingerprint density at radius 3 is 2.53 bits per heavy atom. The Morgan fingerprint density at radius 1 is 1.18 bits per heavy atom. The third-order valence-electron chi connectivity index (χ3n) is 3.56. The molecule has 17 heavy (non-hydrogen) atoms. The fourth-order valence-corrected chi connectivity index (χ4v) is 2.51. The van der Waals surface area contributed by atoms with E-state index in [1.54, 1.807) is 0 Å². The average Bonchev–Trinajstić information content (AvgIpc) is 2.29. The van der Waals surface area contributed by atoms with Gasteiger partial charge in [0.2, 0.25) is 0 Å². The molecule has 1 saturated carbocycles. The predicted octanol–water partition coefficient (Wildman–Crippen LogP) is 2.02. The molecular formula is C14H28N2O. The summed E-state index contributed by atoms with van der Waals surface area (Å²) in [6, 6.07) is 0. The molecule has 100 valence electrons. The monoisotopic (exact) mass is 240 g/mol. The largest absolute Gasteiger partial charge is 0.308 e. The van der Waals surface area contributed by atoms with Crippen molar-refractivity contribution >= 4 is 5.78 Å². The molecule has 1 atom stereocenters. The van der Waals surface area contributed by atoms with Crippen LogP contribution in [0, 0.1) is 5.92 Å². The van der Waals surface area contributed by atoms with Crippen LogP contribution in [0.3, 0.4) is 0 Å². The summed E-state index contributed by atoms with van der Waals surface area (Å²) in [5.41, 5.74) is 0. The Labute approximate surface area is 106 Å². The van der Waals surface area contributed by atoms with E-state index in [0.717, 1.165) is 45.4 Å². The number of carbonyl (C=O) groups is 1. The van der Waals surface area contributed by atoms with Crippen molar-refractivity contribution in [3.8, 4) is 0 Å². The lowest BCUT2D eigenvalue weighted by Gasteiger charge is -2.29. The van der Waals surface area contributed by atoms with E-state index in [1.165, 1.54) is 12.8 Å². The molecule has 0 heterocycles. The van der Waals surface area contributed by atoms with Gasteiger partial charge in [-0.25, -0.2) is 0 Å². The van der Waals surface area contributed by atoms with Gasteiger partial charge in [-0.15, -0.1) is 0 Å². The molecule has 0 aromatic carbocycles. The van der Waals surface area contributed by atoms with Crippen LogP contribution in [0.5, 0.6) is 0 Å². The number of hydrogen-bond acceptors (Lipinski definition) is 3. The summed E-state index contributed by atoms with van der Waals surface area (Å²) in [6.07, 6.45) is 5.46. The second-order valence-electron chi connectivity index (χ2n) is 5.51. The Morgan fingerprint density at radius 2 is 1.94 bits per heavy atom. The Kier molecular flexibility index (Phi) is 6.75. The normalized spacial score (nSPS) is 21.5. The summed E-state index contributed by atoms with van der Waals surface area (Å²) >= 11 is 0. The highest BCUT2D eigenvalue weighted by molar-refractivity contribution is 5.81. The molecule has 0 radical (unpaired) electrons. The van der Waals surface area contributed by atoms with Gasteiger partial charge in [-0.3, -0.25) is 4.79 Å². The van der Waals surface area contributed by atoms with Gasteiger partial charge in [-0.2, -0.15) is 0 Å². The quantitative estimate of drug-likeness (QED) is 0.680. The van der Waals surface area contributed by atoms with E-state index in [4.69, 9.17) is 0 Å². The molecule has 1 rings (SSSR count). The maximum atomic E-state index is 11.8. The Bertz CT molecular complexity index is 228. The van der Waals surface area contributed by atoms with Gasteiger partial charge in [0.05, 0.1) is 0 Å². The van der Waals surface area contributed by atoms with Crippen molar-refractivity contribution < 1.29 is 4.79 Å². The van der Waals surface area contributed by atoms with Crippen molar-refractivity contribution in [1.82, 2.24) is 9.80 Å². The number of ketones is 1. The van der Waals surface area contributed by atoms with E-state index in [-0.39, 0.29) is 0 Å². The third kappa shape index (κ3) is 5.64. The SMILES string of the molecule is CCCN(CCN(C)C)CC1CCCCC1=O. The van der Waals surface area contributed by atoms with Gasteiger partial charge in [0.25, 0.3) is 0 Å². The minimum atomic E-state index is 0.317. The van der Waals surface area contributed by atoms with Crippen LogP contribution in [0.4, 0.5) is 0 Å². The van der Waals surface area contributed by atoms with Crippen LogP contribution in [-0.2, 0) is 4.79 Å². The molecule has 1 unspecified atom stereocenters. The lowest BCUT2D eigenvalue weighted by Crippen LogP contribution is -2.38. The van der Waals surface area contributed by atoms with Gasteiger partial charge in [-0.05, 0) is 39.9 Å². The molecule has 0 aromatic heterocycles. The lowest BCUT2D eigenvalue weighted by atomic mass is 9.87. The topological polar surface area (TPSA) is 23.6 Å². The first-order chi connectivity index (χ1) is 8.13. The fraction of sp³-hybridized carbons (Fsp3) is 0.929. The van der Waals surface area contributed by atoms with E-state index < -0.39 is 0 Å². The van der Waals surface area contributed by atoms with Gasteiger partial charge < -0.3 is 9.80 Å². The molecule has 3 heteroatoms. The number of nitrogens with zero attached hydrogens (tertiary/aromatic N) is 2. The number of likely N-dealkylation sites (N-methyl/N-ethyl adjacent to an activating group) is 1. The maximum absolute atomic E-state index is 11.8. The van der Waals surface area contributed by atoms with Crippen LogP contribution in [-0.4, -0.2) is 55.9 Å². The molecular weight excluding hydrogens is 212 g/mol. The highest BCUT2D eigenvalue weighted by Crippen LogP contribution is 2.21. The zero-order valence-electron chi connectivity index (χ0n) is 11.7. The fourth-order valence-electron chi connectivity index (χ4n) is 2.51. The molecule has 1 aliphatic rings. The van der Waals surface area contributed by atoms with Crippen LogP contribution in [0.1, 0.15) is 39.0 Å². The minimum Gasteiger partial charge on any atom is -0.308 e. The number of hydrogen-bond donors (Lipinski definition) is 0. The summed E-state index contributed by atoms with van der Waals surface area (Å²) in [5.74, 6) is 0.819. The van der Waals surface area contributed by atoms with Crippen molar-refractivity contribution in [1.29, 1.82) is 0 Å². The first-order valence-corrected chi connectivity index (χ1v) is 7.03. The van der Waals surface area contributed by atoms with E-state index >= 15 is 0 Å². The number of rotatable bonds is 7. The molecule has 0 aromatic rings. The molecule has 1 aliphatic carbocycles. The van der Waals surface area contributed by atoms with Gasteiger partial charge in [0.15, 0.2) is 0 Å².